The largest absolute Gasteiger partial charge is 0.364 e. The van der Waals surface area contributed by atoms with Crippen molar-refractivity contribution in [1.82, 2.24) is 4.98 Å². The van der Waals surface area contributed by atoms with Gasteiger partial charge in [0, 0.05) is 16.9 Å². The fourth-order valence-electron chi connectivity index (χ4n) is 1.50. The lowest BCUT2D eigenvalue weighted by Crippen LogP contribution is -1.97. The van der Waals surface area contributed by atoms with E-state index in [9.17, 15) is 0 Å². The molecule has 15 heavy (non-hydrogen) atoms. The molecule has 1 aromatic heterocycles. The van der Waals surface area contributed by atoms with Gasteiger partial charge in [0.1, 0.15) is 5.92 Å². The molecule has 0 spiro atoms. The lowest BCUT2D eigenvalue weighted by atomic mass is 9.98. The van der Waals surface area contributed by atoms with E-state index in [1.54, 1.807) is 12.1 Å². The SMILES string of the molecule is N#CC(c1ccc(Cl)cc1)c1ccc[nH]1. The van der Waals surface area contributed by atoms with E-state index >= 15 is 0 Å². The summed E-state index contributed by atoms with van der Waals surface area (Å²) in [6.45, 7) is 0. The first-order chi connectivity index (χ1) is 7.31. The molecule has 1 N–H and O–H groups in total. The van der Waals surface area contributed by atoms with Crippen LogP contribution in [-0.4, -0.2) is 4.98 Å². The van der Waals surface area contributed by atoms with Gasteiger partial charge >= 0.3 is 0 Å². The number of nitrogens with zero attached hydrogens (tertiary/aromatic N) is 1. The van der Waals surface area contributed by atoms with Gasteiger partial charge in [0.05, 0.1) is 6.07 Å². The lowest BCUT2D eigenvalue weighted by Gasteiger charge is -2.07. The first-order valence-electron chi connectivity index (χ1n) is 4.59. The van der Waals surface area contributed by atoms with E-state index in [1.807, 2.05) is 30.5 Å². The Balaban J connectivity index is 2.37. The average molecular weight is 217 g/mol. The van der Waals surface area contributed by atoms with E-state index in [-0.39, 0.29) is 5.92 Å². The summed E-state index contributed by atoms with van der Waals surface area (Å²) in [6.07, 6.45) is 1.82. The molecular formula is C12H9ClN2. The molecule has 2 nitrogen and oxygen atoms in total. The number of hydrogen-bond donors (Lipinski definition) is 1. The maximum absolute atomic E-state index is 9.12. The summed E-state index contributed by atoms with van der Waals surface area (Å²) >= 11 is 5.79. The van der Waals surface area contributed by atoms with E-state index in [4.69, 9.17) is 16.9 Å². The summed E-state index contributed by atoms with van der Waals surface area (Å²) in [4.78, 5) is 3.05. The number of rotatable bonds is 2. The molecule has 1 atom stereocenters. The number of aromatic nitrogens is 1. The second-order valence-corrected chi connectivity index (χ2v) is 3.68. The zero-order valence-corrected chi connectivity index (χ0v) is 8.70. The number of nitrogens with one attached hydrogen (secondary N) is 1. The molecule has 0 radical (unpaired) electrons. The predicted molar refractivity (Wildman–Crippen MR) is 59.7 cm³/mol. The Labute approximate surface area is 93.1 Å². The maximum Gasteiger partial charge on any atom is 0.111 e. The molecule has 2 rings (SSSR count). The van der Waals surface area contributed by atoms with Crippen molar-refractivity contribution < 1.29 is 0 Å². The standard InChI is InChI=1S/C12H9ClN2/c13-10-5-3-9(4-6-10)11(8-14)12-2-1-7-15-12/h1-7,11,15H. The Morgan fingerprint density at radius 1 is 1.20 bits per heavy atom. The third kappa shape index (κ3) is 2.03. The van der Waals surface area contributed by atoms with E-state index in [2.05, 4.69) is 11.1 Å². The Morgan fingerprint density at radius 2 is 1.93 bits per heavy atom. The number of benzene rings is 1. The van der Waals surface area contributed by atoms with Crippen LogP contribution < -0.4 is 0 Å². The molecule has 0 aliphatic carbocycles. The molecule has 1 unspecified atom stereocenters. The molecule has 0 saturated heterocycles. The molecule has 0 fully saturated rings. The molecule has 0 saturated carbocycles. The summed E-state index contributed by atoms with van der Waals surface area (Å²) in [7, 11) is 0. The zero-order chi connectivity index (χ0) is 10.7. The highest BCUT2D eigenvalue weighted by Crippen LogP contribution is 2.23. The quantitative estimate of drug-likeness (QED) is 0.822. The highest BCUT2D eigenvalue weighted by Gasteiger charge is 2.13. The number of halogens is 1. The van der Waals surface area contributed by atoms with Gasteiger partial charge in [0.2, 0.25) is 0 Å². The van der Waals surface area contributed by atoms with E-state index in [1.165, 1.54) is 0 Å². The Kier molecular flexibility index (Phi) is 2.75. The molecule has 0 amide bonds. The predicted octanol–water partition coefficient (Wildman–Crippen LogP) is 3.32. The third-order valence-electron chi connectivity index (χ3n) is 2.27. The summed E-state index contributed by atoms with van der Waals surface area (Å²) in [5, 5.41) is 9.80. The monoisotopic (exact) mass is 216 g/mol. The highest BCUT2D eigenvalue weighted by molar-refractivity contribution is 6.30. The molecule has 3 heteroatoms. The van der Waals surface area contributed by atoms with Gasteiger partial charge in [-0.15, -0.1) is 0 Å². The Bertz CT molecular complexity index is 465. The minimum absolute atomic E-state index is 0.253. The molecule has 1 aromatic carbocycles. The van der Waals surface area contributed by atoms with Gasteiger partial charge in [-0.2, -0.15) is 5.26 Å². The zero-order valence-electron chi connectivity index (χ0n) is 7.94. The number of hydrogen-bond acceptors (Lipinski definition) is 1. The summed E-state index contributed by atoms with van der Waals surface area (Å²) in [5.41, 5.74) is 1.85. The van der Waals surface area contributed by atoms with Crippen LogP contribution in [0.3, 0.4) is 0 Å². The van der Waals surface area contributed by atoms with E-state index in [0.29, 0.717) is 5.02 Å². The summed E-state index contributed by atoms with van der Waals surface area (Å²) in [6, 6.07) is 13.4. The van der Waals surface area contributed by atoms with Crippen LogP contribution in [0.15, 0.2) is 42.6 Å². The van der Waals surface area contributed by atoms with Crippen molar-refractivity contribution in [3.05, 3.63) is 58.9 Å². The van der Waals surface area contributed by atoms with Crippen LogP contribution in [0, 0.1) is 11.3 Å². The normalized spacial score (nSPS) is 12.0. The van der Waals surface area contributed by atoms with Crippen LogP contribution in [-0.2, 0) is 0 Å². The number of aromatic amines is 1. The smallest absolute Gasteiger partial charge is 0.111 e. The van der Waals surface area contributed by atoms with Gasteiger partial charge in [-0.1, -0.05) is 23.7 Å². The van der Waals surface area contributed by atoms with Crippen LogP contribution in [0.4, 0.5) is 0 Å². The minimum Gasteiger partial charge on any atom is -0.364 e. The molecule has 0 aliphatic rings. The van der Waals surface area contributed by atoms with Crippen LogP contribution in [0.5, 0.6) is 0 Å². The Morgan fingerprint density at radius 3 is 2.47 bits per heavy atom. The molecule has 0 bridgehead atoms. The second-order valence-electron chi connectivity index (χ2n) is 3.24. The van der Waals surface area contributed by atoms with E-state index < -0.39 is 0 Å². The van der Waals surface area contributed by atoms with Gasteiger partial charge in [-0.3, -0.25) is 0 Å². The van der Waals surface area contributed by atoms with Crippen molar-refractivity contribution >= 4 is 11.6 Å². The van der Waals surface area contributed by atoms with Gasteiger partial charge in [0.15, 0.2) is 0 Å². The van der Waals surface area contributed by atoms with Crippen molar-refractivity contribution in [3.8, 4) is 6.07 Å². The van der Waals surface area contributed by atoms with Gasteiger partial charge < -0.3 is 4.98 Å². The van der Waals surface area contributed by atoms with Gasteiger partial charge in [-0.25, -0.2) is 0 Å². The van der Waals surface area contributed by atoms with Crippen molar-refractivity contribution in [1.29, 1.82) is 5.26 Å². The number of H-pyrrole nitrogens is 1. The van der Waals surface area contributed by atoms with Gasteiger partial charge in [-0.05, 0) is 29.8 Å². The molecule has 74 valence electrons. The first-order valence-corrected chi connectivity index (χ1v) is 4.97. The molecule has 0 aliphatic heterocycles. The van der Waals surface area contributed by atoms with Crippen LogP contribution in [0.1, 0.15) is 17.2 Å². The summed E-state index contributed by atoms with van der Waals surface area (Å²) in [5.74, 6) is -0.253. The third-order valence-corrected chi connectivity index (χ3v) is 2.52. The van der Waals surface area contributed by atoms with Crippen LogP contribution >= 0.6 is 11.6 Å². The summed E-state index contributed by atoms with van der Waals surface area (Å²) < 4.78 is 0. The molecule has 1 heterocycles. The second kappa shape index (κ2) is 4.20. The molecule has 2 aromatic rings. The lowest BCUT2D eigenvalue weighted by molar-refractivity contribution is 0.985. The van der Waals surface area contributed by atoms with Crippen LogP contribution in [0.25, 0.3) is 0 Å². The van der Waals surface area contributed by atoms with Crippen molar-refractivity contribution in [2.75, 3.05) is 0 Å². The number of nitriles is 1. The molecular weight excluding hydrogens is 208 g/mol. The maximum atomic E-state index is 9.12. The van der Waals surface area contributed by atoms with Crippen LogP contribution in [0.2, 0.25) is 5.02 Å². The van der Waals surface area contributed by atoms with Gasteiger partial charge in [0.25, 0.3) is 0 Å². The average Bonchev–Trinajstić information content (AvgIpc) is 2.75. The first kappa shape index (κ1) is 9.82. The fraction of sp³-hybridized carbons (Fsp3) is 0.0833. The fourth-order valence-corrected chi connectivity index (χ4v) is 1.63. The highest BCUT2D eigenvalue weighted by atomic mass is 35.5. The Hall–Kier alpha value is -1.72. The topological polar surface area (TPSA) is 39.6 Å². The van der Waals surface area contributed by atoms with Crippen molar-refractivity contribution in [3.63, 3.8) is 0 Å². The van der Waals surface area contributed by atoms with Crippen molar-refractivity contribution in [2.45, 2.75) is 5.92 Å². The van der Waals surface area contributed by atoms with Crippen molar-refractivity contribution in [2.24, 2.45) is 0 Å². The minimum atomic E-state index is -0.253. The van der Waals surface area contributed by atoms with E-state index in [0.717, 1.165) is 11.3 Å².